The van der Waals surface area contributed by atoms with Gasteiger partial charge in [0.1, 0.15) is 24.0 Å². The molecule has 328 valence electrons. The van der Waals surface area contributed by atoms with E-state index in [1.165, 1.54) is 19.1 Å². The molecule has 13 nitrogen and oxygen atoms in total. The molecule has 1 saturated carbocycles. The maximum atomic E-state index is 14.4. The summed E-state index contributed by atoms with van der Waals surface area (Å²) in [6.45, 7) is 13.2. The minimum Gasteiger partial charge on any atom is -0.456 e. The summed E-state index contributed by atoms with van der Waals surface area (Å²) in [4.78, 5) is 58.0. The molecule has 13 heteroatoms. The number of nitrogens with zero attached hydrogens (tertiary/aromatic N) is 1. The smallest absolute Gasteiger partial charge is 0.329 e. The van der Waals surface area contributed by atoms with Gasteiger partial charge in [0, 0.05) is 59.2 Å². The van der Waals surface area contributed by atoms with Gasteiger partial charge in [-0.2, -0.15) is 0 Å². The Balaban J connectivity index is 1.78. The summed E-state index contributed by atoms with van der Waals surface area (Å²) in [7, 11) is 6.40. The van der Waals surface area contributed by atoms with Crippen molar-refractivity contribution in [3.05, 3.63) is 36.0 Å². The SMILES string of the molecule is C=CC[C@@H]1/C=C(/C)C[C@H](C)C[C@H](OC)[C@H]2O[C@@](O)(C(=O)C(=O)N3CCCC[C@H]3C(=O)O[C@H](/C(C)=C/[C@@H]3CC[C@@H](OC)[C@H](OC)C3)[C@H](C)[C@@H](O)CC1=O)[C@H](C)C[C@@H]2OC. The zero-order valence-electron chi connectivity index (χ0n) is 36.4. The van der Waals surface area contributed by atoms with Crippen LogP contribution in [0.2, 0.25) is 0 Å². The number of cyclic esters (lactones) is 1. The van der Waals surface area contributed by atoms with Crippen LogP contribution in [0.25, 0.3) is 0 Å². The molecule has 0 aromatic heterocycles. The van der Waals surface area contributed by atoms with E-state index in [4.69, 9.17) is 28.4 Å². The molecular weight excluding hydrogens is 746 g/mol. The first-order valence-corrected chi connectivity index (χ1v) is 21.3. The van der Waals surface area contributed by atoms with Crippen LogP contribution in [0.15, 0.2) is 36.0 Å². The van der Waals surface area contributed by atoms with E-state index in [2.05, 4.69) is 12.7 Å². The van der Waals surface area contributed by atoms with Gasteiger partial charge in [-0.3, -0.25) is 14.4 Å². The molecule has 2 bridgehead atoms. The molecule has 3 aliphatic heterocycles. The Morgan fingerprint density at radius 2 is 1.57 bits per heavy atom. The summed E-state index contributed by atoms with van der Waals surface area (Å²) in [5.74, 6) is -7.56. The Labute approximate surface area is 345 Å². The summed E-state index contributed by atoms with van der Waals surface area (Å²) in [5, 5.41) is 23.8. The van der Waals surface area contributed by atoms with Crippen molar-refractivity contribution >= 4 is 23.4 Å². The van der Waals surface area contributed by atoms with E-state index in [-0.39, 0.29) is 55.6 Å². The normalized spacial score (nSPS) is 40.5. The maximum absolute atomic E-state index is 14.4. The van der Waals surface area contributed by atoms with E-state index in [1.54, 1.807) is 34.1 Å². The largest absolute Gasteiger partial charge is 0.456 e. The molecule has 0 radical (unpaired) electrons. The van der Waals surface area contributed by atoms with Crippen molar-refractivity contribution in [2.24, 2.45) is 29.6 Å². The molecule has 2 saturated heterocycles. The van der Waals surface area contributed by atoms with E-state index in [0.29, 0.717) is 44.1 Å². The average Bonchev–Trinajstić information content (AvgIpc) is 3.21. The van der Waals surface area contributed by atoms with Crippen molar-refractivity contribution in [3.8, 4) is 0 Å². The fourth-order valence-corrected chi connectivity index (χ4v) is 9.68. The van der Waals surface area contributed by atoms with Crippen molar-refractivity contribution < 1.29 is 57.8 Å². The topological polar surface area (TPSA) is 167 Å². The average molecular weight is 818 g/mol. The molecule has 58 heavy (non-hydrogen) atoms. The number of carbonyl (C=O) groups excluding carboxylic acids is 4. The second-order valence-electron chi connectivity index (χ2n) is 17.5. The Morgan fingerprint density at radius 1 is 0.914 bits per heavy atom. The third-order valence-corrected chi connectivity index (χ3v) is 13.2. The number of aliphatic hydroxyl groups is 2. The van der Waals surface area contributed by atoms with Gasteiger partial charge in [0.2, 0.25) is 5.79 Å². The van der Waals surface area contributed by atoms with Gasteiger partial charge in [0.25, 0.3) is 11.7 Å². The fraction of sp³-hybridized carbons (Fsp3) is 0.778. The van der Waals surface area contributed by atoms with Crippen LogP contribution >= 0.6 is 0 Å². The molecule has 4 aliphatic rings. The maximum Gasteiger partial charge on any atom is 0.329 e. The fourth-order valence-electron chi connectivity index (χ4n) is 9.68. The number of hydrogen-bond acceptors (Lipinski definition) is 12. The zero-order valence-corrected chi connectivity index (χ0v) is 36.4. The second-order valence-corrected chi connectivity index (χ2v) is 17.5. The van der Waals surface area contributed by atoms with E-state index >= 15 is 0 Å². The molecule has 3 heterocycles. The lowest BCUT2D eigenvalue weighted by atomic mass is 9.81. The van der Waals surface area contributed by atoms with Gasteiger partial charge in [0.05, 0.1) is 30.5 Å². The molecule has 1 amide bonds. The molecular formula is C45H71NO12. The summed E-state index contributed by atoms with van der Waals surface area (Å²) in [6, 6.07) is -1.13. The highest BCUT2D eigenvalue weighted by Gasteiger charge is 2.56. The molecule has 1 aliphatic carbocycles. The van der Waals surface area contributed by atoms with E-state index in [1.807, 2.05) is 26.8 Å². The highest BCUT2D eigenvalue weighted by molar-refractivity contribution is 6.39. The minimum absolute atomic E-state index is 0.0165. The first kappa shape index (κ1) is 47.9. The number of hydrogen-bond donors (Lipinski definition) is 2. The second kappa shape index (κ2) is 21.7. The molecule has 14 atom stereocenters. The number of ether oxygens (including phenoxy) is 6. The van der Waals surface area contributed by atoms with Crippen molar-refractivity contribution in [2.45, 2.75) is 160 Å². The minimum atomic E-state index is -2.50. The highest BCUT2D eigenvalue weighted by Crippen LogP contribution is 2.39. The van der Waals surface area contributed by atoms with Crippen LogP contribution < -0.4 is 0 Å². The number of allylic oxidation sites excluding steroid dienone is 4. The van der Waals surface area contributed by atoms with Crippen LogP contribution in [0.1, 0.15) is 105 Å². The number of fused-ring (bicyclic) bond motifs is 3. The van der Waals surface area contributed by atoms with Crippen LogP contribution in [0, 0.1) is 29.6 Å². The zero-order chi connectivity index (χ0) is 42.9. The van der Waals surface area contributed by atoms with E-state index < -0.39 is 77.8 Å². The Hall–Kier alpha value is -2.78. The first-order chi connectivity index (χ1) is 27.5. The standard InChI is InChI=1S/C45H71NO12/c1-11-14-32-20-26(2)19-27(3)21-38(55-9)41-39(56-10)23-29(5)45(52,58-41)42(49)43(50)46-18-13-12-15-33(46)44(51)57-40(30(6)34(47)25-35(32)48)28(4)22-31-16-17-36(53-7)37(24-31)54-8/h11,20,22,27,29-34,36-41,47,52H,1,12-19,21,23-25H2,2-10H3/b26-20-,28-22+/t27-,29+,30+,31-,32+,33-,34-,36+,37+,38-,39-,40+,41+,45+/m0/s1. The number of aliphatic hydroxyl groups excluding tert-OH is 1. The number of amides is 1. The van der Waals surface area contributed by atoms with Crippen molar-refractivity contribution in [2.75, 3.05) is 35.0 Å². The van der Waals surface area contributed by atoms with Gasteiger partial charge in [-0.1, -0.05) is 44.6 Å². The Bertz CT molecular complexity index is 1500. The number of esters is 1. The van der Waals surface area contributed by atoms with Gasteiger partial charge in [-0.05, 0) is 95.5 Å². The molecule has 0 spiro atoms. The van der Waals surface area contributed by atoms with Crippen LogP contribution in [0.3, 0.4) is 0 Å². The number of piperidine rings is 1. The summed E-state index contributed by atoms with van der Waals surface area (Å²) in [6.07, 6.45) is 6.48. The molecule has 3 fully saturated rings. The summed E-state index contributed by atoms with van der Waals surface area (Å²) in [5.41, 5.74) is 1.67. The predicted octanol–water partition coefficient (Wildman–Crippen LogP) is 5.29. The highest BCUT2D eigenvalue weighted by atomic mass is 16.7. The van der Waals surface area contributed by atoms with Gasteiger partial charge in [0.15, 0.2) is 0 Å². The van der Waals surface area contributed by atoms with E-state index in [0.717, 1.165) is 18.4 Å². The Kier molecular flexibility index (Phi) is 17.9. The van der Waals surface area contributed by atoms with Gasteiger partial charge in [-0.15, -0.1) is 6.58 Å². The summed E-state index contributed by atoms with van der Waals surface area (Å²) < 4.78 is 35.7. The number of carbonyl (C=O) groups is 4. The molecule has 4 rings (SSSR count). The third kappa shape index (κ3) is 11.3. The predicted molar refractivity (Wildman–Crippen MR) is 217 cm³/mol. The van der Waals surface area contributed by atoms with Gasteiger partial charge >= 0.3 is 5.97 Å². The number of rotatable bonds is 8. The monoisotopic (exact) mass is 817 g/mol. The number of methoxy groups -OCH3 is 4. The van der Waals surface area contributed by atoms with Crippen molar-refractivity contribution in [1.82, 2.24) is 4.90 Å². The van der Waals surface area contributed by atoms with Crippen molar-refractivity contribution in [3.63, 3.8) is 0 Å². The molecule has 0 aromatic rings. The van der Waals surface area contributed by atoms with Crippen LogP contribution in [0.4, 0.5) is 0 Å². The van der Waals surface area contributed by atoms with Crippen LogP contribution in [-0.2, 0) is 47.6 Å². The van der Waals surface area contributed by atoms with Gasteiger partial charge < -0.3 is 43.5 Å². The first-order valence-electron chi connectivity index (χ1n) is 21.3. The lowest BCUT2D eigenvalue weighted by molar-refractivity contribution is -0.302. The number of Topliss-reactive ketones (excluding diaryl/α,β-unsaturated/α-hetero) is 2. The van der Waals surface area contributed by atoms with Gasteiger partial charge in [-0.25, -0.2) is 4.79 Å². The van der Waals surface area contributed by atoms with Crippen molar-refractivity contribution in [1.29, 1.82) is 0 Å². The lowest BCUT2D eigenvalue weighted by Crippen LogP contribution is -2.64. The van der Waals surface area contributed by atoms with Crippen LogP contribution in [-0.4, -0.2) is 128 Å². The molecule has 0 unspecified atom stereocenters. The molecule has 0 aromatic carbocycles. The van der Waals surface area contributed by atoms with Crippen LogP contribution in [0.5, 0.6) is 0 Å². The summed E-state index contributed by atoms with van der Waals surface area (Å²) >= 11 is 0. The lowest BCUT2D eigenvalue weighted by Gasteiger charge is -2.47. The quantitative estimate of drug-likeness (QED) is 0.185. The van der Waals surface area contributed by atoms with E-state index in [9.17, 15) is 29.4 Å². The Morgan fingerprint density at radius 3 is 2.21 bits per heavy atom. The third-order valence-electron chi connectivity index (χ3n) is 13.2. The molecule has 2 N–H and O–H groups in total. The number of ketones is 2.